The van der Waals surface area contributed by atoms with Gasteiger partial charge in [-0.25, -0.2) is 0 Å². The van der Waals surface area contributed by atoms with Crippen molar-refractivity contribution in [2.45, 2.75) is 39.2 Å². The Morgan fingerprint density at radius 2 is 1.90 bits per heavy atom. The Morgan fingerprint density at radius 3 is 2.52 bits per heavy atom. The van der Waals surface area contributed by atoms with Gasteiger partial charge >= 0.3 is 0 Å². The zero-order valence-electron chi connectivity index (χ0n) is 12.9. The molecule has 21 heavy (non-hydrogen) atoms. The summed E-state index contributed by atoms with van der Waals surface area (Å²) < 4.78 is 1.18. The lowest BCUT2D eigenvalue weighted by molar-refractivity contribution is 0.464. The summed E-state index contributed by atoms with van der Waals surface area (Å²) in [4.78, 5) is 4.12. The van der Waals surface area contributed by atoms with Crippen molar-refractivity contribution in [3.05, 3.63) is 63.9 Å². The Hall–Kier alpha value is -1.19. The number of nitrogens with zero attached hydrogens (tertiary/aromatic N) is 1. The predicted molar refractivity (Wildman–Crippen MR) is 92.6 cm³/mol. The Morgan fingerprint density at radius 1 is 1.19 bits per heavy atom. The van der Waals surface area contributed by atoms with E-state index >= 15 is 0 Å². The summed E-state index contributed by atoms with van der Waals surface area (Å²) in [6.45, 7) is 7.61. The van der Waals surface area contributed by atoms with Crippen LogP contribution < -0.4 is 5.32 Å². The van der Waals surface area contributed by atoms with E-state index in [0.717, 1.165) is 13.0 Å². The Kier molecular flexibility index (Phi) is 5.95. The summed E-state index contributed by atoms with van der Waals surface area (Å²) in [5.41, 5.74) is 3.90. The largest absolute Gasteiger partial charge is 0.309 e. The number of aryl methyl sites for hydroxylation is 1. The fourth-order valence-electron chi connectivity index (χ4n) is 2.60. The van der Waals surface area contributed by atoms with Crippen molar-refractivity contribution in [3.8, 4) is 0 Å². The predicted octanol–water partition coefficient (Wildman–Crippen LogP) is 5.00. The molecule has 0 saturated carbocycles. The molecule has 2 unspecified atom stereocenters. The van der Waals surface area contributed by atoms with Gasteiger partial charge in [0.25, 0.3) is 0 Å². The molecule has 112 valence electrons. The van der Waals surface area contributed by atoms with E-state index in [1.54, 1.807) is 0 Å². The highest BCUT2D eigenvalue weighted by atomic mass is 79.9. The van der Waals surface area contributed by atoms with Crippen LogP contribution in [0.1, 0.15) is 48.9 Å². The third kappa shape index (κ3) is 4.14. The van der Waals surface area contributed by atoms with Gasteiger partial charge < -0.3 is 5.32 Å². The summed E-state index contributed by atoms with van der Waals surface area (Å²) in [7, 11) is 0. The molecule has 0 bridgehead atoms. The van der Waals surface area contributed by atoms with E-state index < -0.39 is 0 Å². The van der Waals surface area contributed by atoms with Crippen LogP contribution in [0.25, 0.3) is 0 Å². The average Bonchev–Trinajstić information content (AvgIpc) is 2.50. The van der Waals surface area contributed by atoms with Gasteiger partial charge in [0.15, 0.2) is 0 Å². The second-order valence-electron chi connectivity index (χ2n) is 5.53. The Bertz CT molecular complexity index is 569. The van der Waals surface area contributed by atoms with E-state index in [2.05, 4.69) is 77.3 Å². The van der Waals surface area contributed by atoms with E-state index in [0.29, 0.717) is 12.0 Å². The van der Waals surface area contributed by atoms with Crippen LogP contribution >= 0.6 is 15.9 Å². The molecule has 1 aromatic carbocycles. The third-order valence-electron chi connectivity index (χ3n) is 3.84. The average molecular weight is 347 g/mol. The molecule has 0 amide bonds. The minimum Gasteiger partial charge on any atom is -0.309 e. The fourth-order valence-corrected chi connectivity index (χ4v) is 3.34. The molecule has 2 rings (SSSR count). The highest BCUT2D eigenvalue weighted by Gasteiger charge is 2.22. The molecule has 0 radical (unpaired) electrons. The standard InChI is InChI=1S/C18H23BrN2/c1-4-9-21-18(14(3)15-7-10-20-11-8-15)16-6-5-13(2)12-17(16)19/h5-8,10-12,14,18,21H,4,9H2,1-3H3. The van der Waals surface area contributed by atoms with Crippen LogP contribution in [0.2, 0.25) is 0 Å². The summed E-state index contributed by atoms with van der Waals surface area (Å²) in [6, 6.07) is 11.1. The Balaban J connectivity index is 2.33. The number of nitrogens with one attached hydrogen (secondary N) is 1. The zero-order chi connectivity index (χ0) is 15.2. The number of aromatic nitrogens is 1. The van der Waals surface area contributed by atoms with Crippen LogP contribution in [0.4, 0.5) is 0 Å². The monoisotopic (exact) mass is 346 g/mol. The summed E-state index contributed by atoms with van der Waals surface area (Å²) in [5.74, 6) is 0.388. The number of hydrogen-bond acceptors (Lipinski definition) is 2. The SMILES string of the molecule is CCCNC(c1ccc(C)cc1Br)C(C)c1ccncc1. The van der Waals surface area contributed by atoms with Crippen LogP contribution in [0, 0.1) is 6.92 Å². The topological polar surface area (TPSA) is 24.9 Å². The lowest BCUT2D eigenvalue weighted by Crippen LogP contribution is -2.27. The summed E-state index contributed by atoms with van der Waals surface area (Å²) >= 11 is 3.73. The maximum Gasteiger partial charge on any atom is 0.0398 e. The molecule has 0 saturated heterocycles. The van der Waals surface area contributed by atoms with Gasteiger partial charge in [0.05, 0.1) is 0 Å². The molecule has 1 heterocycles. The van der Waals surface area contributed by atoms with Gasteiger partial charge in [0, 0.05) is 28.8 Å². The molecule has 2 nitrogen and oxygen atoms in total. The number of hydrogen-bond donors (Lipinski definition) is 1. The third-order valence-corrected chi connectivity index (χ3v) is 4.52. The van der Waals surface area contributed by atoms with Crippen molar-refractivity contribution >= 4 is 15.9 Å². The van der Waals surface area contributed by atoms with Gasteiger partial charge in [-0.15, -0.1) is 0 Å². The first kappa shape index (κ1) is 16.2. The molecule has 1 N–H and O–H groups in total. The molecule has 0 fully saturated rings. The highest BCUT2D eigenvalue weighted by molar-refractivity contribution is 9.10. The molecule has 3 heteroatoms. The highest BCUT2D eigenvalue weighted by Crippen LogP contribution is 2.34. The van der Waals surface area contributed by atoms with Gasteiger partial charge in [0.2, 0.25) is 0 Å². The summed E-state index contributed by atoms with van der Waals surface area (Å²) in [6.07, 6.45) is 4.86. The first-order valence-electron chi connectivity index (χ1n) is 7.52. The molecule has 0 aliphatic carbocycles. The maximum atomic E-state index is 4.12. The second-order valence-corrected chi connectivity index (χ2v) is 6.38. The van der Waals surface area contributed by atoms with E-state index in [1.165, 1.54) is 21.2 Å². The quantitative estimate of drug-likeness (QED) is 0.796. The van der Waals surface area contributed by atoms with E-state index in [1.807, 2.05) is 12.4 Å². The zero-order valence-corrected chi connectivity index (χ0v) is 14.5. The Labute approximate surface area is 136 Å². The number of benzene rings is 1. The number of rotatable bonds is 6. The van der Waals surface area contributed by atoms with Crippen LogP contribution in [-0.4, -0.2) is 11.5 Å². The second kappa shape index (κ2) is 7.71. The van der Waals surface area contributed by atoms with Crippen molar-refractivity contribution in [3.63, 3.8) is 0 Å². The van der Waals surface area contributed by atoms with Crippen LogP contribution in [0.3, 0.4) is 0 Å². The van der Waals surface area contributed by atoms with Crippen LogP contribution in [-0.2, 0) is 0 Å². The first-order valence-corrected chi connectivity index (χ1v) is 8.32. The van der Waals surface area contributed by atoms with Gasteiger partial charge in [-0.2, -0.15) is 0 Å². The maximum absolute atomic E-state index is 4.12. The lowest BCUT2D eigenvalue weighted by atomic mass is 9.88. The first-order chi connectivity index (χ1) is 10.1. The van der Waals surface area contributed by atoms with Crippen molar-refractivity contribution in [1.82, 2.24) is 10.3 Å². The van der Waals surface area contributed by atoms with E-state index in [4.69, 9.17) is 0 Å². The van der Waals surface area contributed by atoms with Crippen molar-refractivity contribution < 1.29 is 0 Å². The normalized spacial score (nSPS) is 13.9. The molecule has 0 aliphatic heterocycles. The fraction of sp³-hybridized carbons (Fsp3) is 0.389. The van der Waals surface area contributed by atoms with Crippen molar-refractivity contribution in [1.29, 1.82) is 0 Å². The molecule has 0 aliphatic rings. The molecular formula is C18H23BrN2. The minimum atomic E-state index is 0.294. The van der Waals surface area contributed by atoms with E-state index in [9.17, 15) is 0 Å². The van der Waals surface area contributed by atoms with Crippen LogP contribution in [0.15, 0.2) is 47.2 Å². The van der Waals surface area contributed by atoms with Crippen LogP contribution in [0.5, 0.6) is 0 Å². The number of halogens is 1. The number of pyridine rings is 1. The van der Waals surface area contributed by atoms with Gasteiger partial charge in [0.1, 0.15) is 0 Å². The molecule has 0 spiro atoms. The van der Waals surface area contributed by atoms with Crippen molar-refractivity contribution in [2.75, 3.05) is 6.54 Å². The van der Waals surface area contributed by atoms with E-state index in [-0.39, 0.29) is 0 Å². The van der Waals surface area contributed by atoms with Gasteiger partial charge in [-0.1, -0.05) is 41.9 Å². The summed E-state index contributed by atoms with van der Waals surface area (Å²) in [5, 5.41) is 3.69. The lowest BCUT2D eigenvalue weighted by Gasteiger charge is -2.27. The molecule has 2 atom stereocenters. The van der Waals surface area contributed by atoms with Gasteiger partial charge in [-0.05, 0) is 54.8 Å². The molecule has 2 aromatic rings. The van der Waals surface area contributed by atoms with Gasteiger partial charge in [-0.3, -0.25) is 4.98 Å². The van der Waals surface area contributed by atoms with Crippen molar-refractivity contribution in [2.24, 2.45) is 0 Å². The minimum absolute atomic E-state index is 0.294. The molecular weight excluding hydrogens is 324 g/mol. The molecule has 1 aromatic heterocycles. The smallest absolute Gasteiger partial charge is 0.0398 e.